The van der Waals surface area contributed by atoms with Crippen LogP contribution in [0.2, 0.25) is 0 Å². The molecule has 0 atom stereocenters. The second-order valence-corrected chi connectivity index (χ2v) is 7.91. The highest BCUT2D eigenvalue weighted by Crippen LogP contribution is 2.27. The number of benzene rings is 2. The van der Waals surface area contributed by atoms with Gasteiger partial charge in [-0.25, -0.2) is 0 Å². The fourth-order valence-corrected chi connectivity index (χ4v) is 3.73. The molecule has 2 heterocycles. The Morgan fingerprint density at radius 2 is 1.83 bits per heavy atom. The molecule has 144 valence electrons. The number of carbonyl (C=O) groups is 1. The van der Waals surface area contributed by atoms with Crippen molar-refractivity contribution in [1.29, 1.82) is 0 Å². The lowest BCUT2D eigenvalue weighted by Gasteiger charge is -2.04. The first kappa shape index (κ1) is 19.0. The molecule has 0 spiro atoms. The van der Waals surface area contributed by atoms with Crippen LogP contribution < -0.4 is 5.32 Å². The van der Waals surface area contributed by atoms with Crippen molar-refractivity contribution in [1.82, 2.24) is 15.2 Å². The van der Waals surface area contributed by atoms with Gasteiger partial charge in [-0.15, -0.1) is 10.2 Å². The minimum absolute atomic E-state index is 0.254. The molecule has 0 aliphatic carbocycles. The molecule has 0 aliphatic heterocycles. The lowest BCUT2D eigenvalue weighted by atomic mass is 10.0. The molecule has 1 amide bonds. The largest absolute Gasteiger partial charge is 0.297 e. The number of para-hydroxylation sites is 1. The van der Waals surface area contributed by atoms with Gasteiger partial charge in [0.2, 0.25) is 11.0 Å². The predicted molar refractivity (Wildman–Crippen MR) is 119 cm³/mol. The summed E-state index contributed by atoms with van der Waals surface area (Å²) in [5.41, 5.74) is 4.02. The molecule has 0 saturated heterocycles. The van der Waals surface area contributed by atoms with Gasteiger partial charge in [-0.05, 0) is 23.6 Å². The van der Waals surface area contributed by atoms with Crippen LogP contribution in [-0.2, 0) is 4.79 Å². The Balaban J connectivity index is 1.46. The summed E-state index contributed by atoms with van der Waals surface area (Å²) in [6.07, 6.45) is 5.00. The van der Waals surface area contributed by atoms with Gasteiger partial charge in [0.25, 0.3) is 0 Å². The molecule has 4 rings (SSSR count). The number of pyridine rings is 1. The van der Waals surface area contributed by atoms with E-state index >= 15 is 0 Å². The molecule has 1 N–H and O–H groups in total. The lowest BCUT2D eigenvalue weighted by Crippen LogP contribution is -2.07. The normalized spacial score (nSPS) is 11.4. The molecule has 6 heteroatoms. The van der Waals surface area contributed by atoms with Crippen molar-refractivity contribution in [2.45, 2.75) is 19.8 Å². The summed E-state index contributed by atoms with van der Waals surface area (Å²) in [4.78, 5) is 16.7. The Kier molecular flexibility index (Phi) is 5.44. The first-order valence-corrected chi connectivity index (χ1v) is 10.2. The zero-order chi connectivity index (χ0) is 20.2. The first-order chi connectivity index (χ1) is 14.1. The third kappa shape index (κ3) is 4.38. The van der Waals surface area contributed by atoms with Crippen molar-refractivity contribution >= 4 is 39.4 Å². The Morgan fingerprint density at radius 3 is 2.62 bits per heavy atom. The van der Waals surface area contributed by atoms with Gasteiger partial charge in [0, 0.05) is 28.8 Å². The van der Waals surface area contributed by atoms with Crippen molar-refractivity contribution in [2.24, 2.45) is 0 Å². The van der Waals surface area contributed by atoms with E-state index in [4.69, 9.17) is 0 Å². The molecule has 5 nitrogen and oxygen atoms in total. The van der Waals surface area contributed by atoms with Gasteiger partial charge >= 0.3 is 0 Å². The average molecular weight is 401 g/mol. The summed E-state index contributed by atoms with van der Waals surface area (Å²) in [5, 5.41) is 13.3. The molecule has 0 bridgehead atoms. The molecule has 0 saturated carbocycles. The molecular formula is C23H20N4OS. The van der Waals surface area contributed by atoms with Crippen LogP contribution in [0.5, 0.6) is 0 Å². The molecule has 0 radical (unpaired) electrons. The topological polar surface area (TPSA) is 67.8 Å². The van der Waals surface area contributed by atoms with Crippen molar-refractivity contribution in [3.63, 3.8) is 0 Å². The number of aromatic nitrogens is 3. The van der Waals surface area contributed by atoms with E-state index in [-0.39, 0.29) is 5.91 Å². The van der Waals surface area contributed by atoms with Crippen LogP contribution in [0.1, 0.15) is 30.9 Å². The van der Waals surface area contributed by atoms with E-state index in [1.54, 1.807) is 12.3 Å². The van der Waals surface area contributed by atoms with Crippen LogP contribution in [-0.4, -0.2) is 21.1 Å². The number of amides is 1. The van der Waals surface area contributed by atoms with Crippen LogP contribution >= 0.6 is 11.3 Å². The maximum atomic E-state index is 12.3. The number of rotatable bonds is 5. The van der Waals surface area contributed by atoms with Crippen molar-refractivity contribution < 1.29 is 4.79 Å². The van der Waals surface area contributed by atoms with Crippen molar-refractivity contribution in [3.05, 3.63) is 78.0 Å². The second-order valence-electron chi connectivity index (χ2n) is 6.93. The highest BCUT2D eigenvalue weighted by atomic mass is 32.1. The van der Waals surface area contributed by atoms with Crippen LogP contribution in [0.3, 0.4) is 0 Å². The van der Waals surface area contributed by atoms with E-state index in [1.807, 2.05) is 42.5 Å². The number of nitrogens with one attached hydrogen (secondary N) is 1. The summed E-state index contributed by atoms with van der Waals surface area (Å²) in [5.74, 6) is 0.229. The highest BCUT2D eigenvalue weighted by Gasteiger charge is 2.09. The van der Waals surface area contributed by atoms with E-state index in [2.05, 4.69) is 46.5 Å². The molecule has 2 aromatic heterocycles. The molecule has 2 aromatic carbocycles. The number of anilines is 1. The third-order valence-electron chi connectivity index (χ3n) is 4.56. The monoisotopic (exact) mass is 400 g/mol. The smallest absolute Gasteiger partial charge is 0.250 e. The number of fused-ring (bicyclic) bond motifs is 1. The standard InChI is InChI=1S/C23H20N4OS/c1-15(2)16-8-10-19(11-9-16)22-26-27-23(29-22)25-20(28)13-12-18-6-3-5-17-7-4-14-24-21(17)18/h3-15H,1-2H3,(H,25,27,28)/b13-12+. The van der Waals surface area contributed by atoms with Gasteiger partial charge in [0.15, 0.2) is 0 Å². The number of nitrogens with zero attached hydrogens (tertiary/aromatic N) is 3. The van der Waals surface area contributed by atoms with Gasteiger partial charge < -0.3 is 0 Å². The summed E-state index contributed by atoms with van der Waals surface area (Å²) >= 11 is 1.35. The minimum Gasteiger partial charge on any atom is -0.297 e. The highest BCUT2D eigenvalue weighted by molar-refractivity contribution is 7.18. The van der Waals surface area contributed by atoms with Crippen molar-refractivity contribution in [2.75, 3.05) is 5.32 Å². The van der Waals surface area contributed by atoms with E-state index in [9.17, 15) is 4.79 Å². The Morgan fingerprint density at radius 1 is 1.03 bits per heavy atom. The number of carbonyl (C=O) groups excluding carboxylic acids is 1. The average Bonchev–Trinajstić information content (AvgIpc) is 3.20. The third-order valence-corrected chi connectivity index (χ3v) is 5.45. The summed E-state index contributed by atoms with van der Waals surface area (Å²) in [6.45, 7) is 4.32. The first-order valence-electron chi connectivity index (χ1n) is 9.37. The van der Waals surface area contributed by atoms with E-state index in [1.165, 1.54) is 23.0 Å². The number of hydrogen-bond donors (Lipinski definition) is 1. The van der Waals surface area contributed by atoms with E-state index < -0.39 is 0 Å². The fourth-order valence-electron chi connectivity index (χ4n) is 2.98. The van der Waals surface area contributed by atoms with E-state index in [0.717, 1.165) is 27.0 Å². The Labute approximate surface area is 173 Å². The Bertz CT molecular complexity index is 1170. The number of hydrogen-bond acceptors (Lipinski definition) is 5. The molecule has 4 aromatic rings. The quantitative estimate of drug-likeness (QED) is 0.447. The molecule has 0 fully saturated rings. The van der Waals surface area contributed by atoms with Gasteiger partial charge in [0.05, 0.1) is 5.52 Å². The Hall–Kier alpha value is -3.38. The molecular weight excluding hydrogens is 380 g/mol. The van der Waals surface area contributed by atoms with E-state index in [0.29, 0.717) is 11.0 Å². The van der Waals surface area contributed by atoms with Crippen LogP contribution in [0.15, 0.2) is 66.9 Å². The summed E-state index contributed by atoms with van der Waals surface area (Å²) < 4.78 is 0. The lowest BCUT2D eigenvalue weighted by molar-refractivity contribution is -0.111. The SMILES string of the molecule is CC(C)c1ccc(-c2nnc(NC(=O)/C=C/c3cccc4cccnc34)s2)cc1. The maximum absolute atomic E-state index is 12.3. The maximum Gasteiger partial charge on any atom is 0.250 e. The van der Waals surface area contributed by atoms with Gasteiger partial charge in [-0.1, -0.05) is 73.7 Å². The predicted octanol–water partition coefficient (Wildman–Crippen LogP) is 5.53. The van der Waals surface area contributed by atoms with Gasteiger partial charge in [-0.2, -0.15) is 0 Å². The zero-order valence-corrected chi connectivity index (χ0v) is 17.0. The molecule has 29 heavy (non-hydrogen) atoms. The summed E-state index contributed by atoms with van der Waals surface area (Å²) in [6, 6.07) is 18.0. The van der Waals surface area contributed by atoms with Crippen molar-refractivity contribution in [3.8, 4) is 10.6 Å². The van der Waals surface area contributed by atoms with Gasteiger partial charge in [0.1, 0.15) is 5.01 Å². The second kappa shape index (κ2) is 8.32. The zero-order valence-electron chi connectivity index (χ0n) is 16.2. The van der Waals surface area contributed by atoms with Crippen LogP contribution in [0.4, 0.5) is 5.13 Å². The van der Waals surface area contributed by atoms with Gasteiger partial charge in [-0.3, -0.25) is 15.1 Å². The molecule has 0 aliphatic rings. The van der Waals surface area contributed by atoms with Crippen LogP contribution in [0, 0.1) is 0 Å². The van der Waals surface area contributed by atoms with Crippen LogP contribution in [0.25, 0.3) is 27.6 Å². The fraction of sp³-hybridized carbons (Fsp3) is 0.130. The summed E-state index contributed by atoms with van der Waals surface area (Å²) in [7, 11) is 0. The minimum atomic E-state index is -0.254. The molecule has 0 unspecified atom stereocenters.